The summed E-state index contributed by atoms with van der Waals surface area (Å²) in [4.78, 5) is 19.4. The molecular weight excluding hydrogens is 611 g/mol. The molecule has 1 saturated heterocycles. The molecule has 1 heterocycles. The maximum absolute atomic E-state index is 12.7. The number of carbonyl (C=O) groups excluding carboxylic acids is 1. The zero-order valence-electron chi connectivity index (χ0n) is 17.2. The van der Waals surface area contributed by atoms with Gasteiger partial charge in [0.15, 0.2) is 5.17 Å². The molecule has 0 unspecified atom stereocenters. The Hall–Kier alpha value is -1.77. The molecule has 0 radical (unpaired) electrons. The van der Waals surface area contributed by atoms with Crippen molar-refractivity contribution in [1.82, 2.24) is 4.90 Å². The van der Waals surface area contributed by atoms with Crippen LogP contribution in [0, 0.1) is 0 Å². The van der Waals surface area contributed by atoms with Gasteiger partial charge in [-0.15, -0.1) is 0 Å². The van der Waals surface area contributed by atoms with Crippen LogP contribution in [0.2, 0.25) is 10.0 Å². The molecule has 4 nitrogen and oxygen atoms in total. The minimum Gasteiger partial charge on any atom is -0.488 e. The number of ether oxygens (including phenoxy) is 1. The van der Waals surface area contributed by atoms with Crippen LogP contribution in [0.4, 0.5) is 5.69 Å². The highest BCUT2D eigenvalue weighted by Gasteiger charge is 2.30. The van der Waals surface area contributed by atoms with Gasteiger partial charge in [0, 0.05) is 22.1 Å². The van der Waals surface area contributed by atoms with E-state index in [1.165, 1.54) is 16.7 Å². The Bertz CT molecular complexity index is 1300. The second-order valence-electron chi connectivity index (χ2n) is 7.04. The predicted molar refractivity (Wildman–Crippen MR) is 145 cm³/mol. The van der Waals surface area contributed by atoms with E-state index in [4.69, 9.17) is 27.9 Å². The van der Waals surface area contributed by atoms with E-state index in [9.17, 15) is 4.79 Å². The monoisotopic (exact) mass is 624 g/mol. The Morgan fingerprint density at radius 3 is 2.55 bits per heavy atom. The summed E-state index contributed by atoms with van der Waals surface area (Å²) in [6, 6.07) is 18.6. The highest BCUT2D eigenvalue weighted by atomic mass is 79.9. The molecular formula is C24H16Br2Cl2N2O2S. The number of hydrogen-bond donors (Lipinski definition) is 0. The maximum Gasteiger partial charge on any atom is 0.266 e. The molecule has 33 heavy (non-hydrogen) atoms. The first-order chi connectivity index (χ1) is 15.8. The number of hydrogen-bond acceptors (Lipinski definition) is 4. The minimum atomic E-state index is -0.114. The van der Waals surface area contributed by atoms with Crippen LogP contribution in [0.15, 0.2) is 79.5 Å². The van der Waals surface area contributed by atoms with Crippen molar-refractivity contribution >= 4 is 89.7 Å². The number of benzene rings is 3. The summed E-state index contributed by atoms with van der Waals surface area (Å²) in [5.74, 6) is 0.575. The molecule has 0 bridgehead atoms. The molecule has 0 N–H and O–H groups in total. The summed E-state index contributed by atoms with van der Waals surface area (Å²) in [7, 11) is 1.71. The molecule has 0 saturated carbocycles. The lowest BCUT2D eigenvalue weighted by molar-refractivity contribution is -0.121. The number of carbonyl (C=O) groups is 1. The molecule has 0 aromatic heterocycles. The van der Waals surface area contributed by atoms with E-state index in [0.717, 1.165) is 20.1 Å². The Labute approximate surface area is 222 Å². The first-order valence-electron chi connectivity index (χ1n) is 9.69. The minimum absolute atomic E-state index is 0.114. The lowest BCUT2D eigenvalue weighted by Gasteiger charge is -2.10. The van der Waals surface area contributed by atoms with Gasteiger partial charge in [-0.05, 0) is 91.7 Å². The quantitative estimate of drug-likeness (QED) is 0.267. The normalized spacial score (nSPS) is 16.2. The fourth-order valence-electron chi connectivity index (χ4n) is 2.96. The number of halogens is 4. The van der Waals surface area contributed by atoms with Crippen LogP contribution < -0.4 is 4.74 Å². The van der Waals surface area contributed by atoms with Gasteiger partial charge in [0.1, 0.15) is 12.4 Å². The van der Waals surface area contributed by atoms with Gasteiger partial charge >= 0.3 is 0 Å². The summed E-state index contributed by atoms with van der Waals surface area (Å²) in [6.07, 6.45) is 1.84. The van der Waals surface area contributed by atoms with Crippen LogP contribution in [-0.2, 0) is 11.4 Å². The van der Waals surface area contributed by atoms with Crippen molar-refractivity contribution in [1.29, 1.82) is 0 Å². The second-order valence-corrected chi connectivity index (χ2v) is 10.6. The lowest BCUT2D eigenvalue weighted by Crippen LogP contribution is -2.23. The number of amidine groups is 1. The molecule has 1 amide bonds. The maximum atomic E-state index is 12.7. The SMILES string of the molecule is CN1C(=O)/C(=C/c2ccc(OCc3ccccc3Cl)c(Br)c2)SC1=Nc1ccc(Br)c(Cl)c1. The predicted octanol–water partition coefficient (Wildman–Crippen LogP) is 8.33. The number of aliphatic imine (C=N–C) groups is 1. The van der Waals surface area contributed by atoms with Crippen molar-refractivity contribution in [2.75, 3.05) is 7.05 Å². The van der Waals surface area contributed by atoms with E-state index in [-0.39, 0.29) is 5.91 Å². The first-order valence-corrected chi connectivity index (χ1v) is 12.8. The molecule has 0 atom stereocenters. The molecule has 4 rings (SSSR count). The number of rotatable bonds is 5. The average molecular weight is 627 g/mol. The van der Waals surface area contributed by atoms with Crippen molar-refractivity contribution in [2.45, 2.75) is 6.61 Å². The summed E-state index contributed by atoms with van der Waals surface area (Å²) >= 11 is 20.6. The van der Waals surface area contributed by atoms with Gasteiger partial charge < -0.3 is 4.74 Å². The fourth-order valence-corrected chi connectivity index (χ4v) is 5.07. The molecule has 9 heteroatoms. The highest BCUT2D eigenvalue weighted by molar-refractivity contribution is 9.10. The van der Waals surface area contributed by atoms with Crippen molar-refractivity contribution in [3.05, 3.63) is 95.7 Å². The van der Waals surface area contributed by atoms with Crippen LogP contribution >= 0.6 is 66.8 Å². The largest absolute Gasteiger partial charge is 0.488 e. The van der Waals surface area contributed by atoms with Gasteiger partial charge in [-0.25, -0.2) is 4.99 Å². The summed E-state index contributed by atoms with van der Waals surface area (Å²) in [5, 5.41) is 1.81. The van der Waals surface area contributed by atoms with Gasteiger partial charge in [-0.3, -0.25) is 9.69 Å². The van der Waals surface area contributed by atoms with Crippen LogP contribution in [0.5, 0.6) is 5.75 Å². The van der Waals surface area contributed by atoms with E-state index in [1.54, 1.807) is 13.1 Å². The zero-order chi connectivity index (χ0) is 23.5. The molecule has 1 aliphatic heterocycles. The highest BCUT2D eigenvalue weighted by Crippen LogP contribution is 2.36. The van der Waals surface area contributed by atoms with Crippen LogP contribution in [0.25, 0.3) is 6.08 Å². The molecule has 3 aromatic carbocycles. The summed E-state index contributed by atoms with van der Waals surface area (Å²) in [6.45, 7) is 0.359. The molecule has 1 aliphatic rings. The third-order valence-corrected chi connectivity index (χ3v) is 8.01. The molecule has 0 spiro atoms. The smallest absolute Gasteiger partial charge is 0.266 e. The zero-order valence-corrected chi connectivity index (χ0v) is 22.7. The third-order valence-electron chi connectivity index (χ3n) is 4.73. The average Bonchev–Trinajstić information content (AvgIpc) is 3.04. The van der Waals surface area contributed by atoms with Gasteiger partial charge in [-0.1, -0.05) is 47.5 Å². The van der Waals surface area contributed by atoms with E-state index in [1.807, 2.05) is 60.7 Å². The molecule has 3 aromatic rings. The number of amides is 1. The summed E-state index contributed by atoms with van der Waals surface area (Å²) in [5.41, 5.74) is 2.45. The van der Waals surface area contributed by atoms with Crippen LogP contribution in [-0.4, -0.2) is 23.0 Å². The van der Waals surface area contributed by atoms with Crippen molar-refractivity contribution in [3.8, 4) is 5.75 Å². The van der Waals surface area contributed by atoms with Gasteiger partial charge in [0.2, 0.25) is 0 Å². The third kappa shape index (κ3) is 5.84. The van der Waals surface area contributed by atoms with Crippen molar-refractivity contribution in [3.63, 3.8) is 0 Å². The van der Waals surface area contributed by atoms with E-state index < -0.39 is 0 Å². The number of nitrogens with zero attached hydrogens (tertiary/aromatic N) is 2. The van der Waals surface area contributed by atoms with Gasteiger partial charge in [0.05, 0.1) is 20.1 Å². The van der Waals surface area contributed by atoms with E-state index >= 15 is 0 Å². The lowest BCUT2D eigenvalue weighted by atomic mass is 10.2. The first kappa shape index (κ1) is 24.4. The molecule has 0 aliphatic carbocycles. The van der Waals surface area contributed by atoms with E-state index in [2.05, 4.69) is 36.9 Å². The van der Waals surface area contributed by atoms with Crippen molar-refractivity contribution < 1.29 is 9.53 Å². The molecule has 168 valence electrons. The van der Waals surface area contributed by atoms with Crippen LogP contribution in [0.3, 0.4) is 0 Å². The standard InChI is InChI=1S/C24H16Br2Cl2N2O2S/c1-30-23(31)22(33-24(30)29-16-7-8-17(25)20(28)12-16)11-14-6-9-21(18(26)10-14)32-13-15-4-2-3-5-19(15)27/h2-12H,13H2,1H3/b22-11-,29-24?. The second kappa shape index (κ2) is 10.7. The number of thioether (sulfide) groups is 1. The topological polar surface area (TPSA) is 41.9 Å². The fraction of sp³-hybridized carbons (Fsp3) is 0.0833. The van der Waals surface area contributed by atoms with Gasteiger partial charge in [-0.2, -0.15) is 0 Å². The Morgan fingerprint density at radius 2 is 1.82 bits per heavy atom. The molecule has 1 fully saturated rings. The Kier molecular flexibility index (Phi) is 7.87. The number of likely N-dealkylation sites (N-methyl/N-ethyl adjacent to an activating group) is 1. The van der Waals surface area contributed by atoms with Gasteiger partial charge in [0.25, 0.3) is 5.91 Å². The van der Waals surface area contributed by atoms with Crippen molar-refractivity contribution in [2.24, 2.45) is 4.99 Å². The summed E-state index contributed by atoms with van der Waals surface area (Å²) < 4.78 is 7.48. The van der Waals surface area contributed by atoms with Crippen LogP contribution in [0.1, 0.15) is 11.1 Å². The van der Waals surface area contributed by atoms with E-state index in [0.29, 0.717) is 38.2 Å². The Balaban J connectivity index is 1.50. The Morgan fingerprint density at radius 1 is 1.03 bits per heavy atom.